The number of halogens is 1. The summed E-state index contributed by atoms with van der Waals surface area (Å²) in [5, 5.41) is 0.451. The van der Waals surface area contributed by atoms with Gasteiger partial charge >= 0.3 is 0 Å². The summed E-state index contributed by atoms with van der Waals surface area (Å²) in [7, 11) is 0. The Morgan fingerprint density at radius 1 is 1.55 bits per heavy atom. The summed E-state index contributed by atoms with van der Waals surface area (Å²) in [5.74, 6) is 0. The first-order chi connectivity index (χ1) is 5.22. The first-order valence-electron chi connectivity index (χ1n) is 3.74. The molecule has 0 unspecified atom stereocenters. The highest BCUT2D eigenvalue weighted by molar-refractivity contribution is 6.69. The van der Waals surface area contributed by atoms with Crippen LogP contribution in [0.25, 0.3) is 0 Å². The van der Waals surface area contributed by atoms with E-state index < -0.39 is 0 Å². The maximum absolute atomic E-state index is 5.61. The Bertz CT molecular complexity index is 148. The molecule has 0 spiro atoms. The Labute approximate surface area is 74.5 Å². The molecule has 0 rings (SSSR count). The second-order valence-corrected chi connectivity index (χ2v) is 1.92. The number of hydrogen-bond donors (Lipinski definition) is 0. The second-order valence-electron chi connectivity index (χ2n) is 1.56. The number of hydrogen-bond acceptors (Lipinski definition) is 1. The molecule has 0 heterocycles. The van der Waals surface area contributed by atoms with E-state index >= 15 is 0 Å². The van der Waals surface area contributed by atoms with Crippen molar-refractivity contribution in [2.75, 3.05) is 0 Å². The molecular formula is C9H16ClN. The first kappa shape index (κ1) is 13.1. The predicted molar refractivity (Wildman–Crippen MR) is 54.3 cm³/mol. The van der Waals surface area contributed by atoms with Crippen LogP contribution < -0.4 is 0 Å². The molecule has 0 saturated carbocycles. The van der Waals surface area contributed by atoms with Gasteiger partial charge in [-0.05, 0) is 12.0 Å². The Morgan fingerprint density at radius 2 is 2.00 bits per heavy atom. The van der Waals surface area contributed by atoms with E-state index in [2.05, 4.69) is 18.2 Å². The van der Waals surface area contributed by atoms with Crippen molar-refractivity contribution >= 4 is 16.8 Å². The number of aliphatic imine (C=N–C) groups is 1. The normalized spacial score (nSPS) is 9.64. The molecule has 0 aromatic carbocycles. The fourth-order valence-corrected chi connectivity index (χ4v) is 0.520. The van der Waals surface area contributed by atoms with Gasteiger partial charge in [-0.25, -0.2) is 4.99 Å². The lowest BCUT2D eigenvalue weighted by Gasteiger charge is -1.94. The lowest BCUT2D eigenvalue weighted by Crippen LogP contribution is -1.88. The molecule has 0 radical (unpaired) electrons. The van der Waals surface area contributed by atoms with Gasteiger partial charge in [0.1, 0.15) is 5.17 Å². The van der Waals surface area contributed by atoms with Crippen LogP contribution in [0.3, 0.4) is 0 Å². The quantitative estimate of drug-likeness (QED) is 0.577. The van der Waals surface area contributed by atoms with Crippen LogP contribution in [0.4, 0.5) is 0 Å². The summed E-state index contributed by atoms with van der Waals surface area (Å²) in [6.07, 6.45) is 2.24. The molecule has 0 atom stereocenters. The van der Waals surface area contributed by atoms with Crippen LogP contribution in [0.1, 0.15) is 27.2 Å². The Morgan fingerprint density at radius 3 is 2.27 bits per heavy atom. The third kappa shape index (κ3) is 7.34. The molecule has 0 aliphatic rings. The van der Waals surface area contributed by atoms with Gasteiger partial charge in [0.2, 0.25) is 0 Å². The maximum atomic E-state index is 5.61. The van der Waals surface area contributed by atoms with Crippen molar-refractivity contribution < 1.29 is 0 Å². The number of nitrogens with zero attached hydrogens (tertiary/aromatic N) is 1. The van der Waals surface area contributed by atoms with Crippen LogP contribution in [0.5, 0.6) is 0 Å². The molecule has 0 bridgehead atoms. The summed E-state index contributed by atoms with van der Waals surface area (Å²) in [6.45, 7) is 13.1. The van der Waals surface area contributed by atoms with Crippen molar-refractivity contribution in [3.05, 3.63) is 24.9 Å². The first-order valence-corrected chi connectivity index (χ1v) is 4.12. The third-order valence-corrected chi connectivity index (χ3v) is 1.29. The lowest BCUT2D eigenvalue weighted by atomic mass is 10.2. The molecule has 0 aromatic heterocycles. The van der Waals surface area contributed by atoms with Crippen molar-refractivity contribution in [3.8, 4) is 0 Å². The molecule has 0 fully saturated rings. The van der Waals surface area contributed by atoms with E-state index in [1.165, 1.54) is 6.20 Å². The molecule has 0 N–H and O–H groups in total. The average molecular weight is 174 g/mol. The van der Waals surface area contributed by atoms with Crippen molar-refractivity contribution in [1.29, 1.82) is 0 Å². The van der Waals surface area contributed by atoms with Crippen molar-refractivity contribution in [3.63, 3.8) is 0 Å². The molecule has 0 saturated heterocycles. The fourth-order valence-electron chi connectivity index (χ4n) is 0.317. The van der Waals surface area contributed by atoms with E-state index in [1.54, 1.807) is 0 Å². The van der Waals surface area contributed by atoms with Gasteiger partial charge in [-0.15, -0.1) is 0 Å². The van der Waals surface area contributed by atoms with Gasteiger partial charge < -0.3 is 0 Å². The molecule has 0 aliphatic heterocycles. The molecule has 64 valence electrons. The highest BCUT2D eigenvalue weighted by atomic mass is 35.5. The highest BCUT2D eigenvalue weighted by Crippen LogP contribution is 2.03. The molecule has 2 heteroatoms. The van der Waals surface area contributed by atoms with Crippen LogP contribution in [-0.4, -0.2) is 5.17 Å². The highest BCUT2D eigenvalue weighted by Gasteiger charge is 1.94. The van der Waals surface area contributed by atoms with Crippen LogP contribution >= 0.6 is 11.6 Å². The van der Waals surface area contributed by atoms with E-state index in [4.69, 9.17) is 11.6 Å². The van der Waals surface area contributed by atoms with Gasteiger partial charge in [0.05, 0.1) is 0 Å². The molecule has 11 heavy (non-hydrogen) atoms. The molecule has 0 aliphatic carbocycles. The zero-order valence-corrected chi connectivity index (χ0v) is 8.28. The van der Waals surface area contributed by atoms with Crippen LogP contribution in [0, 0.1) is 0 Å². The van der Waals surface area contributed by atoms with E-state index in [0.29, 0.717) is 5.17 Å². The van der Waals surface area contributed by atoms with Crippen LogP contribution in [0.15, 0.2) is 29.9 Å². The molecule has 1 nitrogen and oxygen atoms in total. The van der Waals surface area contributed by atoms with Crippen LogP contribution in [0.2, 0.25) is 0 Å². The lowest BCUT2D eigenvalue weighted by molar-refractivity contribution is 1.18. The zero-order valence-electron chi connectivity index (χ0n) is 7.52. The standard InChI is InChI=1S/C7H10ClN.C2H6/c1-4-6(3)7(8)9-5-2;1-2/h5H,2-4H2,1H3;1-2H3. The summed E-state index contributed by atoms with van der Waals surface area (Å²) in [5.41, 5.74) is 0.844. The Hall–Kier alpha value is -0.560. The average Bonchev–Trinajstić information content (AvgIpc) is 2.07. The molecule has 0 aromatic rings. The van der Waals surface area contributed by atoms with Crippen molar-refractivity contribution in [2.45, 2.75) is 27.2 Å². The van der Waals surface area contributed by atoms with E-state index in [-0.39, 0.29) is 0 Å². The van der Waals surface area contributed by atoms with E-state index in [0.717, 1.165) is 12.0 Å². The van der Waals surface area contributed by atoms with Gasteiger partial charge in [0.25, 0.3) is 0 Å². The molecule has 0 amide bonds. The van der Waals surface area contributed by atoms with E-state index in [1.807, 2.05) is 20.8 Å². The minimum absolute atomic E-state index is 0.451. The van der Waals surface area contributed by atoms with Crippen LogP contribution in [-0.2, 0) is 0 Å². The van der Waals surface area contributed by atoms with Gasteiger partial charge in [0.15, 0.2) is 0 Å². The van der Waals surface area contributed by atoms with Crippen molar-refractivity contribution in [2.24, 2.45) is 4.99 Å². The summed E-state index contributed by atoms with van der Waals surface area (Å²) in [4.78, 5) is 3.74. The summed E-state index contributed by atoms with van der Waals surface area (Å²) >= 11 is 5.61. The smallest absolute Gasteiger partial charge is 0.131 e. The predicted octanol–water partition coefficient (Wildman–Crippen LogP) is 3.76. The Kier molecular flexibility index (Phi) is 11.2. The summed E-state index contributed by atoms with van der Waals surface area (Å²) in [6, 6.07) is 0. The monoisotopic (exact) mass is 173 g/mol. The molecular weight excluding hydrogens is 158 g/mol. The topological polar surface area (TPSA) is 12.4 Å². The summed E-state index contributed by atoms with van der Waals surface area (Å²) < 4.78 is 0. The van der Waals surface area contributed by atoms with Gasteiger partial charge in [-0.1, -0.05) is 45.5 Å². The maximum Gasteiger partial charge on any atom is 0.131 e. The number of rotatable bonds is 3. The third-order valence-electron chi connectivity index (χ3n) is 0.923. The Balaban J connectivity index is 0. The minimum atomic E-state index is 0.451. The minimum Gasteiger partial charge on any atom is -0.245 e. The number of allylic oxidation sites excluding steroid dienone is 1. The second kappa shape index (κ2) is 9.44. The SMILES string of the molecule is C=CN=C(Cl)C(=C)CC.CC. The zero-order chi connectivity index (χ0) is 9.28. The fraction of sp³-hybridized carbons (Fsp3) is 0.444. The van der Waals surface area contributed by atoms with Gasteiger partial charge in [-0.2, -0.15) is 0 Å². The van der Waals surface area contributed by atoms with Gasteiger partial charge in [-0.3, -0.25) is 0 Å². The largest absolute Gasteiger partial charge is 0.245 e. The van der Waals surface area contributed by atoms with Crippen molar-refractivity contribution in [1.82, 2.24) is 0 Å². The van der Waals surface area contributed by atoms with Gasteiger partial charge in [0, 0.05) is 6.20 Å². The van der Waals surface area contributed by atoms with E-state index in [9.17, 15) is 0 Å².